The van der Waals surface area contributed by atoms with Crippen molar-refractivity contribution in [3.05, 3.63) is 130 Å². The molecule has 0 spiro atoms. The molecular weight excluding hydrogens is 642 g/mol. The molecule has 0 aromatic heterocycles. The standard InChI is InChI=1S/C34H36BrN3O5S/c1-3-36-34(40)32(22-26-10-6-4-7-11-26)37(23-27-14-16-29(35)17-15-27)33(39)24-38(44(2,41)42)30-18-20-31(21-19-30)43-25-28-12-8-5-9-13-28/h4-21,32H,3,22-25H2,1-2H3,(H,36,40)/t32-/m1/s1. The largest absolute Gasteiger partial charge is 0.489 e. The summed E-state index contributed by atoms with van der Waals surface area (Å²) in [5.74, 6) is -0.254. The Bertz CT molecular complexity index is 1620. The molecule has 0 aliphatic heterocycles. The smallest absolute Gasteiger partial charge is 0.244 e. The minimum Gasteiger partial charge on any atom is -0.489 e. The third-order valence-electron chi connectivity index (χ3n) is 6.94. The summed E-state index contributed by atoms with van der Waals surface area (Å²) < 4.78 is 33.8. The molecule has 0 bridgehead atoms. The fraction of sp³-hybridized carbons (Fsp3) is 0.235. The molecule has 10 heteroatoms. The number of anilines is 1. The van der Waals surface area contributed by atoms with Gasteiger partial charge in [0.05, 0.1) is 11.9 Å². The molecule has 1 atom stereocenters. The number of carbonyl (C=O) groups is 2. The first-order valence-corrected chi connectivity index (χ1v) is 16.9. The van der Waals surface area contributed by atoms with E-state index in [0.717, 1.165) is 31.7 Å². The summed E-state index contributed by atoms with van der Waals surface area (Å²) in [7, 11) is -3.87. The first-order chi connectivity index (χ1) is 21.1. The van der Waals surface area contributed by atoms with E-state index in [-0.39, 0.29) is 18.9 Å². The Balaban J connectivity index is 1.62. The van der Waals surface area contributed by atoms with Gasteiger partial charge in [0.25, 0.3) is 0 Å². The predicted molar refractivity (Wildman–Crippen MR) is 177 cm³/mol. The summed E-state index contributed by atoms with van der Waals surface area (Å²) in [6.45, 7) is 2.20. The van der Waals surface area contributed by atoms with Gasteiger partial charge in [-0.3, -0.25) is 13.9 Å². The molecule has 4 rings (SSSR count). The van der Waals surface area contributed by atoms with E-state index < -0.39 is 28.5 Å². The quantitative estimate of drug-likeness (QED) is 0.188. The van der Waals surface area contributed by atoms with E-state index in [9.17, 15) is 18.0 Å². The number of hydrogen-bond acceptors (Lipinski definition) is 5. The fourth-order valence-corrected chi connectivity index (χ4v) is 5.81. The van der Waals surface area contributed by atoms with E-state index in [1.54, 1.807) is 24.3 Å². The number of hydrogen-bond donors (Lipinski definition) is 1. The van der Waals surface area contributed by atoms with E-state index in [0.29, 0.717) is 24.6 Å². The number of halogens is 1. The number of rotatable bonds is 14. The maximum Gasteiger partial charge on any atom is 0.244 e. The highest BCUT2D eigenvalue weighted by Crippen LogP contribution is 2.24. The molecule has 0 saturated heterocycles. The van der Waals surface area contributed by atoms with Gasteiger partial charge >= 0.3 is 0 Å². The first-order valence-electron chi connectivity index (χ1n) is 14.2. The Kier molecular flexibility index (Phi) is 11.6. The van der Waals surface area contributed by atoms with Crippen LogP contribution in [0, 0.1) is 0 Å². The minimum atomic E-state index is -3.87. The van der Waals surface area contributed by atoms with Crippen LogP contribution in [0.4, 0.5) is 5.69 Å². The molecule has 0 aliphatic carbocycles. The van der Waals surface area contributed by atoms with Crippen LogP contribution in [-0.4, -0.2) is 50.5 Å². The Morgan fingerprint density at radius 1 is 0.818 bits per heavy atom. The minimum absolute atomic E-state index is 0.116. The molecule has 4 aromatic carbocycles. The van der Waals surface area contributed by atoms with E-state index >= 15 is 0 Å². The van der Waals surface area contributed by atoms with Crippen LogP contribution < -0.4 is 14.4 Å². The van der Waals surface area contributed by atoms with Crippen LogP contribution in [-0.2, 0) is 39.2 Å². The van der Waals surface area contributed by atoms with Crippen molar-refractivity contribution < 1.29 is 22.7 Å². The zero-order chi connectivity index (χ0) is 31.5. The van der Waals surface area contributed by atoms with Crippen molar-refractivity contribution in [1.29, 1.82) is 0 Å². The van der Waals surface area contributed by atoms with Crippen molar-refractivity contribution in [3.63, 3.8) is 0 Å². The van der Waals surface area contributed by atoms with Crippen molar-refractivity contribution in [3.8, 4) is 5.75 Å². The van der Waals surface area contributed by atoms with Crippen molar-refractivity contribution in [2.24, 2.45) is 0 Å². The highest BCUT2D eigenvalue weighted by molar-refractivity contribution is 9.10. The second-order valence-corrected chi connectivity index (χ2v) is 13.1. The average Bonchev–Trinajstić information content (AvgIpc) is 3.02. The predicted octanol–water partition coefficient (Wildman–Crippen LogP) is 5.57. The van der Waals surface area contributed by atoms with Crippen LogP contribution in [0.5, 0.6) is 5.75 Å². The molecule has 4 aromatic rings. The SMILES string of the molecule is CCNC(=O)[C@@H](Cc1ccccc1)N(Cc1ccc(Br)cc1)C(=O)CN(c1ccc(OCc2ccccc2)cc1)S(C)(=O)=O. The molecule has 0 saturated carbocycles. The Morgan fingerprint density at radius 2 is 1.41 bits per heavy atom. The Morgan fingerprint density at radius 3 is 1.98 bits per heavy atom. The molecule has 0 heterocycles. The molecular formula is C34H36BrN3O5S. The number of amides is 2. The number of nitrogens with one attached hydrogen (secondary N) is 1. The second-order valence-electron chi connectivity index (χ2n) is 10.3. The van der Waals surface area contributed by atoms with Gasteiger partial charge < -0.3 is 15.0 Å². The second kappa shape index (κ2) is 15.5. The van der Waals surface area contributed by atoms with Crippen molar-refractivity contribution in [1.82, 2.24) is 10.2 Å². The lowest BCUT2D eigenvalue weighted by molar-refractivity contribution is -0.140. The molecule has 230 valence electrons. The fourth-order valence-electron chi connectivity index (χ4n) is 4.70. The van der Waals surface area contributed by atoms with Crippen LogP contribution >= 0.6 is 15.9 Å². The van der Waals surface area contributed by atoms with Crippen molar-refractivity contribution in [2.45, 2.75) is 32.5 Å². The molecule has 8 nitrogen and oxygen atoms in total. The average molecular weight is 679 g/mol. The van der Waals surface area contributed by atoms with Gasteiger partial charge in [0.2, 0.25) is 21.8 Å². The summed E-state index contributed by atoms with van der Waals surface area (Å²) in [5.41, 5.74) is 3.00. The normalized spacial score (nSPS) is 11.8. The highest BCUT2D eigenvalue weighted by Gasteiger charge is 2.32. The number of benzene rings is 4. The van der Waals surface area contributed by atoms with Gasteiger partial charge in [-0.1, -0.05) is 88.7 Å². The molecule has 0 aliphatic rings. The highest BCUT2D eigenvalue weighted by atomic mass is 79.9. The number of sulfonamides is 1. The Labute approximate surface area is 267 Å². The lowest BCUT2D eigenvalue weighted by atomic mass is 10.0. The summed E-state index contributed by atoms with van der Waals surface area (Å²) in [5, 5.41) is 2.86. The number of carbonyl (C=O) groups excluding carboxylic acids is 2. The van der Waals surface area contributed by atoms with Gasteiger partial charge in [-0.2, -0.15) is 0 Å². The topological polar surface area (TPSA) is 96.0 Å². The van der Waals surface area contributed by atoms with E-state index in [4.69, 9.17) is 4.74 Å². The third kappa shape index (κ3) is 9.42. The van der Waals surface area contributed by atoms with E-state index in [1.807, 2.05) is 91.9 Å². The van der Waals surface area contributed by atoms with E-state index in [2.05, 4.69) is 21.2 Å². The lowest BCUT2D eigenvalue weighted by Crippen LogP contribution is -2.53. The maximum absolute atomic E-state index is 14.1. The van der Waals surface area contributed by atoms with Gasteiger partial charge in [-0.15, -0.1) is 0 Å². The van der Waals surface area contributed by atoms with Crippen LogP contribution in [0.15, 0.2) is 114 Å². The van der Waals surface area contributed by atoms with Gasteiger partial charge in [-0.05, 0) is 60.0 Å². The maximum atomic E-state index is 14.1. The summed E-state index contributed by atoms with van der Waals surface area (Å²) in [4.78, 5) is 29.0. The third-order valence-corrected chi connectivity index (χ3v) is 8.61. The lowest BCUT2D eigenvalue weighted by Gasteiger charge is -2.33. The molecule has 0 radical (unpaired) electrons. The number of nitrogens with zero attached hydrogens (tertiary/aromatic N) is 2. The molecule has 44 heavy (non-hydrogen) atoms. The van der Waals surface area contributed by atoms with E-state index in [1.165, 1.54) is 4.90 Å². The van der Waals surface area contributed by atoms with Gasteiger partial charge in [-0.25, -0.2) is 8.42 Å². The zero-order valence-electron chi connectivity index (χ0n) is 24.7. The first kappa shape index (κ1) is 32.8. The molecule has 0 fully saturated rings. The van der Waals surface area contributed by atoms with Crippen molar-refractivity contribution >= 4 is 43.5 Å². The van der Waals surface area contributed by atoms with Crippen LogP contribution in [0.25, 0.3) is 0 Å². The molecule has 1 N–H and O–H groups in total. The van der Waals surface area contributed by atoms with Crippen molar-refractivity contribution in [2.75, 3.05) is 23.7 Å². The molecule has 0 unspecified atom stereocenters. The summed E-state index contributed by atoms with van der Waals surface area (Å²) >= 11 is 3.44. The zero-order valence-corrected chi connectivity index (χ0v) is 27.1. The summed E-state index contributed by atoms with van der Waals surface area (Å²) in [6, 6.07) is 32.3. The number of ether oxygens (including phenoxy) is 1. The summed E-state index contributed by atoms with van der Waals surface area (Å²) in [6.07, 6.45) is 1.33. The Hall–Kier alpha value is -4.15. The molecule has 2 amide bonds. The van der Waals surface area contributed by atoms with Crippen LogP contribution in [0.2, 0.25) is 0 Å². The van der Waals surface area contributed by atoms with Crippen LogP contribution in [0.3, 0.4) is 0 Å². The van der Waals surface area contributed by atoms with Gasteiger partial charge in [0.15, 0.2) is 0 Å². The van der Waals surface area contributed by atoms with Crippen LogP contribution in [0.1, 0.15) is 23.6 Å². The monoisotopic (exact) mass is 677 g/mol. The van der Waals surface area contributed by atoms with Gasteiger partial charge in [0, 0.05) is 24.0 Å². The number of likely N-dealkylation sites (N-methyl/N-ethyl adjacent to an activating group) is 1. The van der Waals surface area contributed by atoms with Gasteiger partial charge in [0.1, 0.15) is 24.9 Å².